The van der Waals surface area contributed by atoms with Crippen LogP contribution < -0.4 is 11.1 Å². The van der Waals surface area contributed by atoms with E-state index in [1.807, 2.05) is 5.38 Å². The molecule has 1 aliphatic rings. The van der Waals surface area contributed by atoms with Gasteiger partial charge in [0.05, 0.1) is 0 Å². The molecule has 1 aliphatic carbocycles. The molecule has 3 atom stereocenters. The molecule has 0 bridgehead atoms. The van der Waals surface area contributed by atoms with Gasteiger partial charge in [0.25, 0.3) is 0 Å². The van der Waals surface area contributed by atoms with Gasteiger partial charge >= 0.3 is 0 Å². The second kappa shape index (κ2) is 4.97. The van der Waals surface area contributed by atoms with Crippen LogP contribution in [0.2, 0.25) is 0 Å². The van der Waals surface area contributed by atoms with Crippen molar-refractivity contribution in [1.82, 2.24) is 4.98 Å². The van der Waals surface area contributed by atoms with Crippen LogP contribution in [-0.4, -0.2) is 16.9 Å². The summed E-state index contributed by atoms with van der Waals surface area (Å²) < 4.78 is 0. The van der Waals surface area contributed by atoms with Gasteiger partial charge in [0, 0.05) is 23.5 Å². The van der Waals surface area contributed by atoms with Crippen LogP contribution in [0, 0.1) is 17.3 Å². The van der Waals surface area contributed by atoms with Crippen LogP contribution in [0.15, 0.2) is 11.6 Å². The Balaban J connectivity index is 2.10. The minimum Gasteiger partial charge on any atom is -0.327 e. The lowest BCUT2D eigenvalue weighted by Crippen LogP contribution is -2.50. The van der Waals surface area contributed by atoms with E-state index in [2.05, 4.69) is 31.1 Å². The summed E-state index contributed by atoms with van der Waals surface area (Å²) in [6.45, 7) is 6.43. The second-order valence-corrected chi connectivity index (χ2v) is 6.62. The molecule has 3 unspecified atom stereocenters. The summed E-state index contributed by atoms with van der Waals surface area (Å²) in [5.41, 5.74) is 6.04. The molecule has 1 aromatic heterocycles. The Hall–Kier alpha value is -0.940. The average Bonchev–Trinajstić information content (AvgIpc) is 2.78. The number of hydrogen-bond donors (Lipinski definition) is 2. The molecular formula is C13H21N3OS. The highest BCUT2D eigenvalue weighted by Crippen LogP contribution is 2.44. The van der Waals surface area contributed by atoms with E-state index in [1.54, 1.807) is 6.20 Å². The van der Waals surface area contributed by atoms with E-state index in [9.17, 15) is 4.79 Å². The van der Waals surface area contributed by atoms with Gasteiger partial charge in [0.1, 0.15) is 0 Å². The van der Waals surface area contributed by atoms with E-state index in [4.69, 9.17) is 5.73 Å². The summed E-state index contributed by atoms with van der Waals surface area (Å²) in [6.07, 6.45) is 3.47. The number of nitrogens with one attached hydrogen (secondary N) is 1. The number of carbonyl (C=O) groups excluding carboxylic acids is 1. The van der Waals surface area contributed by atoms with Crippen LogP contribution in [0.25, 0.3) is 0 Å². The Morgan fingerprint density at radius 2 is 2.28 bits per heavy atom. The van der Waals surface area contributed by atoms with E-state index in [1.165, 1.54) is 11.3 Å². The lowest BCUT2D eigenvalue weighted by molar-refractivity contribution is -0.127. The summed E-state index contributed by atoms with van der Waals surface area (Å²) in [7, 11) is 0. The molecular weight excluding hydrogens is 246 g/mol. The van der Waals surface area contributed by atoms with E-state index in [0.717, 1.165) is 12.8 Å². The first kappa shape index (κ1) is 13.5. The van der Waals surface area contributed by atoms with Crippen molar-refractivity contribution in [2.24, 2.45) is 23.0 Å². The first-order chi connectivity index (χ1) is 8.43. The number of nitrogens with two attached hydrogens (primary N) is 1. The van der Waals surface area contributed by atoms with Gasteiger partial charge in [-0.3, -0.25) is 4.79 Å². The highest BCUT2D eigenvalue weighted by Gasteiger charge is 2.45. The predicted molar refractivity (Wildman–Crippen MR) is 74.4 cm³/mol. The molecule has 1 fully saturated rings. The van der Waals surface area contributed by atoms with Crippen molar-refractivity contribution in [3.05, 3.63) is 11.6 Å². The maximum absolute atomic E-state index is 12.3. The number of aromatic nitrogens is 1. The molecule has 18 heavy (non-hydrogen) atoms. The van der Waals surface area contributed by atoms with Gasteiger partial charge in [-0.05, 0) is 24.2 Å². The standard InChI is InChI=1S/C13H21N3OS/c1-8-10(14)5-4-9(13(8,2)3)11(17)16-12-15-6-7-18-12/h6-10H,4-5,14H2,1-3H3,(H,15,16,17). The maximum Gasteiger partial charge on any atom is 0.229 e. The quantitative estimate of drug-likeness (QED) is 0.865. The van der Waals surface area contributed by atoms with Crippen LogP contribution in [-0.2, 0) is 4.79 Å². The number of hydrogen-bond acceptors (Lipinski definition) is 4. The summed E-state index contributed by atoms with van der Waals surface area (Å²) in [5, 5.41) is 5.45. The van der Waals surface area contributed by atoms with Gasteiger partial charge in [0.2, 0.25) is 5.91 Å². The number of thiazole rings is 1. The summed E-state index contributed by atoms with van der Waals surface area (Å²) in [5.74, 6) is 0.434. The van der Waals surface area contributed by atoms with Crippen LogP contribution in [0.3, 0.4) is 0 Å². The van der Waals surface area contributed by atoms with Crippen molar-refractivity contribution < 1.29 is 4.79 Å². The van der Waals surface area contributed by atoms with Gasteiger partial charge in [0.15, 0.2) is 5.13 Å². The van der Waals surface area contributed by atoms with Gasteiger partial charge in [-0.25, -0.2) is 4.98 Å². The van der Waals surface area contributed by atoms with Gasteiger partial charge in [-0.1, -0.05) is 20.8 Å². The highest BCUT2D eigenvalue weighted by atomic mass is 32.1. The molecule has 0 aliphatic heterocycles. The third kappa shape index (κ3) is 2.42. The van der Waals surface area contributed by atoms with Crippen molar-refractivity contribution in [3.8, 4) is 0 Å². The van der Waals surface area contributed by atoms with Crippen LogP contribution in [0.5, 0.6) is 0 Å². The lowest BCUT2D eigenvalue weighted by atomic mass is 9.61. The van der Waals surface area contributed by atoms with E-state index >= 15 is 0 Å². The number of nitrogens with zero attached hydrogens (tertiary/aromatic N) is 1. The molecule has 100 valence electrons. The SMILES string of the molecule is CC1C(N)CCC(C(=O)Nc2nccs2)C1(C)C. The number of anilines is 1. The molecule has 4 nitrogen and oxygen atoms in total. The fraction of sp³-hybridized carbons (Fsp3) is 0.692. The Morgan fingerprint density at radius 1 is 1.56 bits per heavy atom. The number of carbonyl (C=O) groups is 1. The predicted octanol–water partition coefficient (Wildman–Crippen LogP) is 2.48. The summed E-state index contributed by atoms with van der Waals surface area (Å²) >= 11 is 1.45. The maximum atomic E-state index is 12.3. The smallest absolute Gasteiger partial charge is 0.229 e. The zero-order valence-electron chi connectivity index (χ0n) is 11.1. The van der Waals surface area contributed by atoms with Crippen molar-refractivity contribution in [2.75, 3.05) is 5.32 Å². The molecule has 0 saturated heterocycles. The Morgan fingerprint density at radius 3 is 2.89 bits per heavy atom. The summed E-state index contributed by atoms with van der Waals surface area (Å²) in [6, 6.07) is 0.198. The van der Waals surface area contributed by atoms with Crippen molar-refractivity contribution in [3.63, 3.8) is 0 Å². The summed E-state index contributed by atoms with van der Waals surface area (Å²) in [4.78, 5) is 16.4. The van der Waals surface area contributed by atoms with E-state index in [0.29, 0.717) is 11.0 Å². The normalized spacial score (nSPS) is 31.0. The number of rotatable bonds is 2. The first-order valence-corrected chi connectivity index (χ1v) is 7.27. The Bertz CT molecular complexity index is 416. The highest BCUT2D eigenvalue weighted by molar-refractivity contribution is 7.13. The van der Waals surface area contributed by atoms with Gasteiger partial charge in [-0.2, -0.15) is 0 Å². The molecule has 1 heterocycles. The molecule has 1 saturated carbocycles. The fourth-order valence-electron chi connectivity index (χ4n) is 2.80. The lowest BCUT2D eigenvalue weighted by Gasteiger charge is -2.45. The molecule has 0 radical (unpaired) electrons. The average molecular weight is 267 g/mol. The van der Waals surface area contributed by atoms with Crippen molar-refractivity contribution >= 4 is 22.4 Å². The third-order valence-corrected chi connectivity index (χ3v) is 5.17. The van der Waals surface area contributed by atoms with Crippen LogP contribution in [0.1, 0.15) is 33.6 Å². The van der Waals surface area contributed by atoms with Gasteiger partial charge < -0.3 is 11.1 Å². The van der Waals surface area contributed by atoms with Crippen LogP contribution in [0.4, 0.5) is 5.13 Å². The topological polar surface area (TPSA) is 68.0 Å². The third-order valence-electron chi connectivity index (χ3n) is 4.48. The zero-order valence-corrected chi connectivity index (χ0v) is 12.0. The fourth-order valence-corrected chi connectivity index (χ4v) is 3.33. The molecule has 5 heteroatoms. The molecule has 1 amide bonds. The molecule has 0 spiro atoms. The minimum atomic E-state index is -0.0704. The largest absolute Gasteiger partial charge is 0.327 e. The van der Waals surface area contributed by atoms with Crippen LogP contribution >= 0.6 is 11.3 Å². The van der Waals surface area contributed by atoms with Gasteiger partial charge in [-0.15, -0.1) is 11.3 Å². The molecule has 2 rings (SSSR count). The number of amides is 1. The van der Waals surface area contributed by atoms with E-state index in [-0.39, 0.29) is 23.3 Å². The molecule has 1 aromatic rings. The Kier molecular flexibility index (Phi) is 3.73. The van der Waals surface area contributed by atoms with E-state index < -0.39 is 0 Å². The second-order valence-electron chi connectivity index (χ2n) is 5.73. The monoisotopic (exact) mass is 267 g/mol. The zero-order chi connectivity index (χ0) is 13.3. The first-order valence-electron chi connectivity index (χ1n) is 6.39. The molecule has 3 N–H and O–H groups in total. The van der Waals surface area contributed by atoms with Crippen molar-refractivity contribution in [1.29, 1.82) is 0 Å². The Labute approximate surface area is 112 Å². The minimum absolute atomic E-state index is 0.0104. The molecule has 0 aromatic carbocycles. The van der Waals surface area contributed by atoms with Crippen molar-refractivity contribution in [2.45, 2.75) is 39.7 Å².